The summed E-state index contributed by atoms with van der Waals surface area (Å²) < 4.78 is 47.1. The summed E-state index contributed by atoms with van der Waals surface area (Å²) in [5, 5.41) is 150. The Morgan fingerprint density at radius 1 is 0.610 bits per heavy atom. The van der Waals surface area contributed by atoms with E-state index in [-0.39, 0.29) is 35.5 Å². The van der Waals surface area contributed by atoms with Crippen molar-refractivity contribution in [2.24, 2.45) is 50.2 Å². The van der Waals surface area contributed by atoms with Gasteiger partial charge in [0.05, 0.1) is 32.0 Å². The second kappa shape index (κ2) is 21.3. The van der Waals surface area contributed by atoms with Gasteiger partial charge in [0.25, 0.3) is 0 Å². The number of carboxylic acid groups (broad SMARTS) is 1. The zero-order valence-electron chi connectivity index (χ0n) is 44.8. The Balaban J connectivity index is 0.956. The van der Waals surface area contributed by atoms with E-state index in [1.165, 1.54) is 0 Å². The number of esters is 1. The molecule has 9 aliphatic rings. The highest BCUT2D eigenvalue weighted by Crippen LogP contribution is 2.76. The number of carbonyl (C=O) groups excluding carboxylic acids is 1. The van der Waals surface area contributed by atoms with E-state index in [9.17, 15) is 76.3 Å². The van der Waals surface area contributed by atoms with E-state index < -0.39 is 188 Å². The second-order valence-electron chi connectivity index (χ2n) is 26.0. The van der Waals surface area contributed by atoms with E-state index in [1.54, 1.807) is 0 Å². The minimum Gasteiger partial charge on any atom is -0.479 e. The molecule has 0 spiro atoms. The molecule has 24 heteroatoms. The zero-order chi connectivity index (χ0) is 56.4. The van der Waals surface area contributed by atoms with Crippen LogP contribution in [-0.2, 0) is 47.5 Å². The van der Waals surface area contributed by atoms with Crippen LogP contribution in [0, 0.1) is 50.2 Å². The Labute approximate surface area is 446 Å². The quantitative estimate of drug-likeness (QED) is 0.0586. The van der Waals surface area contributed by atoms with Crippen molar-refractivity contribution in [3.8, 4) is 0 Å². The molecule has 4 heterocycles. The molecular weight excluding hydrogens is 1020 g/mol. The smallest absolute Gasteiger partial charge is 0.335 e. The van der Waals surface area contributed by atoms with Crippen LogP contribution in [-0.4, -0.2) is 232 Å². The number of hydrogen-bond donors (Lipinski definition) is 14. The topological polar surface area (TPSA) is 391 Å². The lowest BCUT2D eigenvalue weighted by molar-refractivity contribution is -0.374. The van der Waals surface area contributed by atoms with E-state index in [1.807, 2.05) is 0 Å². The molecule has 4 saturated carbocycles. The van der Waals surface area contributed by atoms with Crippen molar-refractivity contribution in [1.29, 1.82) is 0 Å². The number of aliphatic hydroxyl groups excluding tert-OH is 13. The van der Waals surface area contributed by atoms with Gasteiger partial charge >= 0.3 is 11.9 Å². The summed E-state index contributed by atoms with van der Waals surface area (Å²) >= 11 is 0. The van der Waals surface area contributed by atoms with Gasteiger partial charge in [-0.3, -0.25) is 4.79 Å². The Kier molecular flexibility index (Phi) is 16.4. The normalized spacial score (nSPS) is 53.4. The first-order valence-corrected chi connectivity index (χ1v) is 27.3. The summed E-state index contributed by atoms with van der Waals surface area (Å²) in [4.78, 5) is 27.4. The molecule has 0 aromatic heterocycles. The molecule has 8 fully saturated rings. The third kappa shape index (κ3) is 9.55. The van der Waals surface area contributed by atoms with Gasteiger partial charge < -0.3 is 109 Å². The van der Waals surface area contributed by atoms with E-state index in [2.05, 4.69) is 54.5 Å². The first kappa shape index (κ1) is 59.5. The van der Waals surface area contributed by atoms with E-state index in [0.717, 1.165) is 5.57 Å². The SMILES string of the molecule is CC1(C)CC[C@]2(C(=O)O[C@@H]3OC[C@@H](O)[C@@H](O[C@@H]4O[C@H](CO)[C@@H](O)[C@H](O)[C@@H]4O)[C@H]3O)[C@H](C1)C1=CC[C@@H]3[C@@]4(C)CC[C@@H](O[C@@H]5O[C@@H](C(=O)O)[C@H](O)[C@@H](O)[C@H]5O[C@@H]5O[C@H](CO)[C@H](O)[C@H](O)[C@H]5O)C(C)(C)[C@H]4CC[C@]3(C)[C@@]1(C)C[C@@H]2O. The first-order valence-electron chi connectivity index (χ1n) is 27.3. The highest BCUT2D eigenvalue weighted by atomic mass is 16.8. The van der Waals surface area contributed by atoms with Crippen LogP contribution in [0.2, 0.25) is 0 Å². The van der Waals surface area contributed by atoms with Gasteiger partial charge in [0.1, 0.15) is 90.9 Å². The first-order chi connectivity index (χ1) is 35.9. The van der Waals surface area contributed by atoms with Gasteiger partial charge in [-0.05, 0) is 103 Å². The van der Waals surface area contributed by atoms with Gasteiger partial charge in [-0.2, -0.15) is 0 Å². The largest absolute Gasteiger partial charge is 0.479 e. The van der Waals surface area contributed by atoms with Crippen LogP contribution in [0.5, 0.6) is 0 Å². The fraction of sp³-hybridized carbons (Fsp3) is 0.925. The summed E-state index contributed by atoms with van der Waals surface area (Å²) in [5.41, 5.74) is -2.73. The van der Waals surface area contributed by atoms with Gasteiger partial charge in [-0.15, -0.1) is 0 Å². The molecule has 0 unspecified atom stereocenters. The third-order valence-corrected chi connectivity index (χ3v) is 21.0. The number of ether oxygens (including phenoxy) is 8. The molecule has 4 saturated heterocycles. The van der Waals surface area contributed by atoms with Crippen LogP contribution < -0.4 is 0 Å². The average Bonchev–Trinajstić information content (AvgIpc) is 3.54. The van der Waals surface area contributed by atoms with Gasteiger partial charge in [-0.25, -0.2) is 4.79 Å². The molecule has 14 N–H and O–H groups in total. The van der Waals surface area contributed by atoms with Crippen molar-refractivity contribution in [3.63, 3.8) is 0 Å². The predicted molar refractivity (Wildman–Crippen MR) is 259 cm³/mol. The summed E-state index contributed by atoms with van der Waals surface area (Å²) in [7, 11) is 0. The number of allylic oxidation sites excluding steroid dienone is 2. The van der Waals surface area contributed by atoms with Crippen LogP contribution in [0.15, 0.2) is 11.6 Å². The maximum absolute atomic E-state index is 15.1. The highest BCUT2D eigenvalue weighted by Gasteiger charge is 2.72. The van der Waals surface area contributed by atoms with E-state index in [0.29, 0.717) is 44.9 Å². The number of carboxylic acids is 1. The lowest BCUT2D eigenvalue weighted by Gasteiger charge is -2.71. The summed E-state index contributed by atoms with van der Waals surface area (Å²) in [6.07, 6.45) is -27.8. The molecule has 77 heavy (non-hydrogen) atoms. The summed E-state index contributed by atoms with van der Waals surface area (Å²) in [6, 6.07) is 0. The number of fused-ring (bicyclic) bond motifs is 7. The fourth-order valence-corrected chi connectivity index (χ4v) is 16.3. The summed E-state index contributed by atoms with van der Waals surface area (Å²) in [5.74, 6) is -2.84. The average molecular weight is 1110 g/mol. The van der Waals surface area contributed by atoms with Crippen molar-refractivity contribution < 1.29 is 119 Å². The van der Waals surface area contributed by atoms with Gasteiger partial charge in [-0.1, -0.05) is 60.1 Å². The zero-order valence-corrected chi connectivity index (χ0v) is 44.8. The van der Waals surface area contributed by atoms with Crippen LogP contribution >= 0.6 is 0 Å². The molecule has 0 aromatic rings. The highest BCUT2D eigenvalue weighted by molar-refractivity contribution is 5.80. The molecule has 0 radical (unpaired) electrons. The molecule has 4 aliphatic heterocycles. The monoisotopic (exact) mass is 1100 g/mol. The van der Waals surface area contributed by atoms with E-state index in [4.69, 9.17) is 37.9 Å². The van der Waals surface area contributed by atoms with Gasteiger partial charge in [0.15, 0.2) is 25.0 Å². The molecule has 0 bridgehead atoms. The molecule has 0 aromatic carbocycles. The van der Waals surface area contributed by atoms with Crippen molar-refractivity contribution in [3.05, 3.63) is 11.6 Å². The third-order valence-electron chi connectivity index (χ3n) is 21.0. The molecular formula is C53H84O24. The van der Waals surface area contributed by atoms with Crippen molar-refractivity contribution in [2.45, 2.75) is 235 Å². The number of carbonyl (C=O) groups is 2. The lowest BCUT2D eigenvalue weighted by atomic mass is 9.33. The van der Waals surface area contributed by atoms with Crippen molar-refractivity contribution in [1.82, 2.24) is 0 Å². The number of aliphatic hydroxyl groups is 13. The number of rotatable bonds is 11. The number of hydrogen-bond acceptors (Lipinski definition) is 23. The maximum Gasteiger partial charge on any atom is 0.335 e. The van der Waals surface area contributed by atoms with Crippen LogP contribution in [0.4, 0.5) is 0 Å². The summed E-state index contributed by atoms with van der Waals surface area (Å²) in [6.45, 7) is 13.2. The van der Waals surface area contributed by atoms with Gasteiger partial charge in [0, 0.05) is 0 Å². The molecule has 0 amide bonds. The predicted octanol–water partition coefficient (Wildman–Crippen LogP) is -2.33. The number of aliphatic carboxylic acids is 1. The van der Waals surface area contributed by atoms with Crippen LogP contribution in [0.3, 0.4) is 0 Å². The van der Waals surface area contributed by atoms with Crippen molar-refractivity contribution >= 4 is 11.9 Å². The van der Waals surface area contributed by atoms with Crippen LogP contribution in [0.1, 0.15) is 106 Å². The molecule has 9 rings (SSSR count). The van der Waals surface area contributed by atoms with E-state index >= 15 is 4.79 Å². The Morgan fingerprint density at radius 2 is 1.21 bits per heavy atom. The minimum absolute atomic E-state index is 0.0188. The standard InChI is InChI=1S/C53H84O24/c1-48(2)14-15-53(47(69)77-43-38(66)39(23(56)20-70-43)74-44-36(64)32(60)30(58)24(18-54)71-44)22(16-48)21-8-9-27-50(5)12-11-29(49(3,4)26(50)10-13-51(27,6)52(21,7)17-28(53)57)73-46-41(35(63)34(62)40(75-46)42(67)68)76-45-37(65)33(61)31(59)25(19-55)72-45/h8,22-41,43-46,54-66H,9-20H2,1-7H3,(H,67,68)/t22-,23-,24-,25-,26-,27-,28+,29-,30-,31+,32+,33+,34-,35-,36+,37-,38-,39-,40-,41-,43+,44+,45+,46-,50+,51+,52+,53+/m1/s1. The Bertz CT molecular complexity index is 2180. The molecule has 5 aliphatic carbocycles. The molecule has 28 atom stereocenters. The molecule has 440 valence electrons. The lowest BCUT2D eigenvalue weighted by Crippen LogP contribution is -2.68. The Hall–Kier alpha value is -2.12. The Morgan fingerprint density at radius 3 is 1.79 bits per heavy atom. The van der Waals surface area contributed by atoms with Crippen molar-refractivity contribution in [2.75, 3.05) is 19.8 Å². The van der Waals surface area contributed by atoms with Gasteiger partial charge in [0.2, 0.25) is 6.29 Å². The molecule has 24 nitrogen and oxygen atoms in total. The fourth-order valence-electron chi connectivity index (χ4n) is 16.3. The van der Waals surface area contributed by atoms with Crippen LogP contribution in [0.25, 0.3) is 0 Å². The minimum atomic E-state index is -2.02. The maximum atomic E-state index is 15.1. The second-order valence-corrected chi connectivity index (χ2v) is 26.0.